The highest BCUT2D eigenvalue weighted by Gasteiger charge is 2.21. The topological polar surface area (TPSA) is 84.6 Å². The highest BCUT2D eigenvalue weighted by molar-refractivity contribution is 5.90. The molecule has 3 amide bonds. The summed E-state index contributed by atoms with van der Waals surface area (Å²) in [6.45, 7) is 4.86. The Bertz CT molecular complexity index is 587. The lowest BCUT2D eigenvalue weighted by atomic mass is 9.86. The van der Waals surface area contributed by atoms with Gasteiger partial charge in [-0.05, 0) is 30.7 Å². The van der Waals surface area contributed by atoms with Gasteiger partial charge in [0.2, 0.25) is 5.91 Å². The molecule has 156 valence electrons. The van der Waals surface area contributed by atoms with Gasteiger partial charge in [-0.15, -0.1) is 0 Å². The fraction of sp³-hybridized carbons (Fsp3) is 0.609. The summed E-state index contributed by atoms with van der Waals surface area (Å²) >= 11 is 0. The molecule has 0 radical (unpaired) electrons. The summed E-state index contributed by atoms with van der Waals surface area (Å²) in [4.78, 5) is 27.9. The molecule has 28 heavy (non-hydrogen) atoms. The first kappa shape index (κ1) is 23.9. The maximum atomic E-state index is 12.1. The van der Waals surface area contributed by atoms with E-state index in [0.717, 1.165) is 63.4 Å². The summed E-state index contributed by atoms with van der Waals surface area (Å²) in [7, 11) is 0. The average molecular weight is 388 g/mol. The van der Waals surface area contributed by atoms with E-state index < -0.39 is 0 Å². The molecule has 1 aromatic carbocycles. The number of hydrogen-bond acceptors (Lipinski definition) is 2. The first-order valence-corrected chi connectivity index (χ1v) is 10.7. The minimum absolute atomic E-state index is 0.108. The predicted octanol–water partition coefficient (Wildman–Crippen LogP) is 5.08. The molecule has 2 atom stereocenters. The maximum Gasteiger partial charge on any atom is 0.340 e. The Morgan fingerprint density at radius 3 is 2.29 bits per heavy atom. The van der Waals surface area contributed by atoms with Gasteiger partial charge in [0.05, 0.1) is 0 Å². The van der Waals surface area contributed by atoms with Crippen LogP contribution in [-0.4, -0.2) is 24.7 Å². The zero-order valence-corrected chi connectivity index (χ0v) is 17.5. The van der Waals surface area contributed by atoms with E-state index in [9.17, 15) is 9.59 Å². The first-order valence-electron chi connectivity index (χ1n) is 10.7. The highest BCUT2D eigenvalue weighted by Crippen LogP contribution is 2.23. The number of carbonyl (C=O) groups excluding carboxylic acids is 2. The second-order valence-corrected chi connectivity index (χ2v) is 7.55. The standard InChI is InChI=1S/C23H37N3O2/c1-3-5-8-14-20(16-21(22(24)27)15-9-6-4-2)18-26-23(28)25-17-19-12-10-7-11-13-19/h7,10-13,17,20-21H,3-6,8-9,14-16,18H2,1-2H3,(H2,24,27)(H,26,28)/b25-17+. The minimum Gasteiger partial charge on any atom is -0.369 e. The van der Waals surface area contributed by atoms with E-state index in [4.69, 9.17) is 5.73 Å². The number of nitrogens with zero attached hydrogens (tertiary/aromatic N) is 1. The van der Waals surface area contributed by atoms with Crippen molar-refractivity contribution in [2.75, 3.05) is 6.54 Å². The summed E-state index contributed by atoms with van der Waals surface area (Å²) in [6, 6.07) is 9.20. The Labute approximate surface area is 170 Å². The third-order valence-electron chi connectivity index (χ3n) is 5.06. The quantitative estimate of drug-likeness (QED) is 0.344. The molecule has 0 aliphatic heterocycles. The summed E-state index contributed by atoms with van der Waals surface area (Å²) in [5, 5.41) is 2.90. The van der Waals surface area contributed by atoms with Crippen LogP contribution in [0.25, 0.3) is 0 Å². The third kappa shape index (κ3) is 10.9. The first-order chi connectivity index (χ1) is 13.6. The Balaban J connectivity index is 2.57. The molecule has 1 aromatic rings. The normalized spacial score (nSPS) is 13.4. The van der Waals surface area contributed by atoms with Gasteiger partial charge in [-0.25, -0.2) is 9.79 Å². The van der Waals surface area contributed by atoms with Crippen molar-refractivity contribution in [3.63, 3.8) is 0 Å². The van der Waals surface area contributed by atoms with Gasteiger partial charge < -0.3 is 11.1 Å². The molecule has 0 saturated carbocycles. The molecule has 5 heteroatoms. The molecule has 0 aliphatic rings. The van der Waals surface area contributed by atoms with Crippen LogP contribution in [0.3, 0.4) is 0 Å². The number of urea groups is 1. The van der Waals surface area contributed by atoms with Crippen LogP contribution in [0, 0.1) is 11.8 Å². The summed E-state index contributed by atoms with van der Waals surface area (Å²) in [5.74, 6) is -0.0746. The number of primary amides is 1. The van der Waals surface area contributed by atoms with E-state index in [1.165, 1.54) is 0 Å². The van der Waals surface area contributed by atoms with Gasteiger partial charge in [0.25, 0.3) is 0 Å². The molecule has 3 N–H and O–H groups in total. The van der Waals surface area contributed by atoms with Crippen LogP contribution < -0.4 is 11.1 Å². The van der Waals surface area contributed by atoms with Crippen LogP contribution in [-0.2, 0) is 4.79 Å². The van der Waals surface area contributed by atoms with Crippen molar-refractivity contribution in [1.82, 2.24) is 5.32 Å². The van der Waals surface area contributed by atoms with E-state index in [1.54, 1.807) is 6.21 Å². The number of aliphatic imine (C=N–C) groups is 1. The SMILES string of the molecule is CCCCCC(CNC(=O)/N=C/c1ccccc1)CC(CCCCC)C(N)=O. The van der Waals surface area contributed by atoms with E-state index in [0.29, 0.717) is 6.54 Å². The largest absolute Gasteiger partial charge is 0.369 e. The van der Waals surface area contributed by atoms with Crippen molar-refractivity contribution in [3.05, 3.63) is 35.9 Å². The molecule has 0 fully saturated rings. The number of carbonyl (C=O) groups is 2. The van der Waals surface area contributed by atoms with Gasteiger partial charge in [-0.2, -0.15) is 0 Å². The van der Waals surface area contributed by atoms with Crippen molar-refractivity contribution in [2.45, 2.75) is 71.6 Å². The Morgan fingerprint density at radius 1 is 1.04 bits per heavy atom. The Morgan fingerprint density at radius 2 is 1.68 bits per heavy atom. The lowest BCUT2D eigenvalue weighted by Gasteiger charge is -2.22. The lowest BCUT2D eigenvalue weighted by molar-refractivity contribution is -0.122. The molecule has 5 nitrogen and oxygen atoms in total. The van der Waals surface area contributed by atoms with Crippen LogP contribution in [0.4, 0.5) is 4.79 Å². The van der Waals surface area contributed by atoms with Crippen LogP contribution in [0.1, 0.15) is 77.2 Å². The molecule has 0 aromatic heterocycles. The number of unbranched alkanes of at least 4 members (excludes halogenated alkanes) is 4. The smallest absolute Gasteiger partial charge is 0.340 e. The number of amides is 3. The molecule has 0 spiro atoms. The average Bonchev–Trinajstić information content (AvgIpc) is 2.70. The zero-order chi connectivity index (χ0) is 20.6. The van der Waals surface area contributed by atoms with Gasteiger partial charge in [0.1, 0.15) is 0 Å². The van der Waals surface area contributed by atoms with Crippen molar-refractivity contribution >= 4 is 18.2 Å². The summed E-state index contributed by atoms with van der Waals surface area (Å²) < 4.78 is 0. The van der Waals surface area contributed by atoms with Gasteiger partial charge in [-0.3, -0.25) is 4.79 Å². The minimum atomic E-state index is -0.342. The highest BCUT2D eigenvalue weighted by atomic mass is 16.2. The second-order valence-electron chi connectivity index (χ2n) is 7.55. The van der Waals surface area contributed by atoms with Crippen molar-refractivity contribution in [1.29, 1.82) is 0 Å². The zero-order valence-electron chi connectivity index (χ0n) is 17.5. The van der Waals surface area contributed by atoms with Crippen LogP contribution in [0.15, 0.2) is 35.3 Å². The van der Waals surface area contributed by atoms with E-state index in [-0.39, 0.29) is 23.8 Å². The molecular weight excluding hydrogens is 350 g/mol. The molecule has 0 saturated heterocycles. The van der Waals surface area contributed by atoms with Crippen molar-refractivity contribution < 1.29 is 9.59 Å². The Hall–Kier alpha value is -2.17. The fourth-order valence-corrected chi connectivity index (χ4v) is 3.36. The monoisotopic (exact) mass is 387 g/mol. The van der Waals surface area contributed by atoms with E-state index >= 15 is 0 Å². The number of rotatable bonds is 14. The number of hydrogen-bond donors (Lipinski definition) is 2. The van der Waals surface area contributed by atoms with Gasteiger partial charge in [-0.1, -0.05) is 82.7 Å². The molecule has 0 heterocycles. The molecule has 1 rings (SSSR count). The maximum absolute atomic E-state index is 12.1. The lowest BCUT2D eigenvalue weighted by Crippen LogP contribution is -2.31. The number of nitrogens with two attached hydrogens (primary N) is 1. The summed E-state index contributed by atoms with van der Waals surface area (Å²) in [5.41, 5.74) is 6.53. The summed E-state index contributed by atoms with van der Waals surface area (Å²) in [6.07, 6.45) is 10.8. The van der Waals surface area contributed by atoms with Crippen molar-refractivity contribution in [2.24, 2.45) is 22.6 Å². The fourth-order valence-electron chi connectivity index (χ4n) is 3.36. The molecule has 0 aliphatic carbocycles. The van der Waals surface area contributed by atoms with Crippen LogP contribution in [0.2, 0.25) is 0 Å². The van der Waals surface area contributed by atoms with Crippen LogP contribution >= 0.6 is 0 Å². The number of benzene rings is 1. The van der Waals surface area contributed by atoms with Gasteiger partial charge in [0.15, 0.2) is 0 Å². The van der Waals surface area contributed by atoms with E-state index in [2.05, 4.69) is 24.2 Å². The Kier molecular flexibility index (Phi) is 12.6. The molecular formula is C23H37N3O2. The number of nitrogens with one attached hydrogen (secondary N) is 1. The van der Waals surface area contributed by atoms with Crippen LogP contribution in [0.5, 0.6) is 0 Å². The molecule has 2 unspecified atom stereocenters. The van der Waals surface area contributed by atoms with Gasteiger partial charge >= 0.3 is 6.03 Å². The predicted molar refractivity (Wildman–Crippen MR) is 117 cm³/mol. The van der Waals surface area contributed by atoms with Gasteiger partial charge in [0, 0.05) is 18.7 Å². The van der Waals surface area contributed by atoms with Crippen molar-refractivity contribution in [3.8, 4) is 0 Å². The van der Waals surface area contributed by atoms with E-state index in [1.807, 2.05) is 30.3 Å². The second kappa shape index (κ2) is 14.8. The third-order valence-corrected chi connectivity index (χ3v) is 5.06. The molecule has 0 bridgehead atoms.